The quantitative estimate of drug-likeness (QED) is 0.572. The monoisotopic (exact) mass is 233 g/mol. The Morgan fingerprint density at radius 3 is 2.41 bits per heavy atom. The Bertz CT molecular complexity index is 329. The van der Waals surface area contributed by atoms with E-state index in [0.717, 1.165) is 26.2 Å². The zero-order valence-corrected chi connectivity index (χ0v) is 11.6. The van der Waals surface area contributed by atoms with Crippen LogP contribution in [0.2, 0.25) is 0 Å². The molecule has 17 heavy (non-hydrogen) atoms. The van der Waals surface area contributed by atoms with Crippen LogP contribution in [0.15, 0.2) is 12.1 Å². The lowest BCUT2D eigenvalue weighted by Gasteiger charge is -2.11. The molecular weight excluding hydrogens is 209 g/mol. The summed E-state index contributed by atoms with van der Waals surface area (Å²) in [6.07, 6.45) is 2.35. The standard InChI is InChI=1S/C14H24BNO/c1-4-5-7-17-8-6-16-13-9-11(2)14(15)12(3)10-13/h9-10,16H,4-8,15H2,1-3H3. The van der Waals surface area contributed by atoms with Gasteiger partial charge in [0.05, 0.1) is 6.61 Å². The molecule has 0 bridgehead atoms. The van der Waals surface area contributed by atoms with E-state index in [1.807, 2.05) is 0 Å². The van der Waals surface area contributed by atoms with Crippen LogP contribution < -0.4 is 10.8 Å². The molecule has 94 valence electrons. The van der Waals surface area contributed by atoms with Crippen molar-refractivity contribution in [1.29, 1.82) is 0 Å². The average Bonchev–Trinajstić information content (AvgIpc) is 2.30. The molecule has 1 aromatic rings. The molecule has 0 unspecified atom stereocenters. The maximum absolute atomic E-state index is 5.52. The number of benzene rings is 1. The lowest BCUT2D eigenvalue weighted by atomic mass is 9.86. The highest BCUT2D eigenvalue weighted by molar-refractivity contribution is 6.34. The van der Waals surface area contributed by atoms with Gasteiger partial charge in [-0.3, -0.25) is 0 Å². The van der Waals surface area contributed by atoms with Gasteiger partial charge in [-0.05, 0) is 32.4 Å². The number of ether oxygens (including phenoxy) is 1. The highest BCUT2D eigenvalue weighted by Crippen LogP contribution is 2.10. The van der Waals surface area contributed by atoms with E-state index in [1.165, 1.54) is 28.7 Å². The highest BCUT2D eigenvalue weighted by Gasteiger charge is 2.00. The van der Waals surface area contributed by atoms with Crippen molar-refractivity contribution < 1.29 is 4.74 Å². The number of aryl methyl sites for hydroxylation is 2. The van der Waals surface area contributed by atoms with E-state index in [9.17, 15) is 0 Å². The fourth-order valence-electron chi connectivity index (χ4n) is 1.75. The first-order valence-corrected chi connectivity index (χ1v) is 6.54. The molecule has 0 aliphatic rings. The summed E-state index contributed by atoms with van der Waals surface area (Å²) in [5, 5.41) is 3.41. The lowest BCUT2D eigenvalue weighted by Crippen LogP contribution is -2.14. The third-order valence-corrected chi connectivity index (χ3v) is 3.14. The number of unbranched alkanes of at least 4 members (excludes halogenated alkanes) is 1. The van der Waals surface area contributed by atoms with Crippen molar-refractivity contribution >= 4 is 19.0 Å². The SMILES string of the molecule is Bc1c(C)cc(NCCOCCCC)cc1C. The predicted octanol–water partition coefficient (Wildman–Crippen LogP) is 1.79. The number of anilines is 1. The van der Waals surface area contributed by atoms with Crippen LogP contribution in [0.3, 0.4) is 0 Å². The maximum atomic E-state index is 5.52. The Hall–Kier alpha value is -0.955. The fourth-order valence-corrected chi connectivity index (χ4v) is 1.75. The van der Waals surface area contributed by atoms with Gasteiger partial charge in [0, 0.05) is 18.8 Å². The van der Waals surface area contributed by atoms with Gasteiger partial charge in [0.25, 0.3) is 0 Å². The van der Waals surface area contributed by atoms with Crippen LogP contribution in [0, 0.1) is 13.8 Å². The molecule has 3 heteroatoms. The van der Waals surface area contributed by atoms with Crippen LogP contribution in [-0.4, -0.2) is 27.6 Å². The predicted molar refractivity (Wildman–Crippen MR) is 78.3 cm³/mol. The molecule has 0 spiro atoms. The zero-order valence-electron chi connectivity index (χ0n) is 11.6. The molecule has 1 N–H and O–H groups in total. The van der Waals surface area contributed by atoms with Gasteiger partial charge in [0.2, 0.25) is 0 Å². The van der Waals surface area contributed by atoms with Crippen LogP contribution in [0.25, 0.3) is 0 Å². The first kappa shape index (κ1) is 14.1. The number of hydrogen-bond acceptors (Lipinski definition) is 2. The Morgan fingerprint density at radius 2 is 1.82 bits per heavy atom. The second-order valence-electron chi connectivity index (χ2n) is 4.63. The van der Waals surface area contributed by atoms with Crippen molar-refractivity contribution in [2.75, 3.05) is 25.1 Å². The van der Waals surface area contributed by atoms with Gasteiger partial charge in [0.15, 0.2) is 0 Å². The Labute approximate surface area is 106 Å². The average molecular weight is 233 g/mol. The van der Waals surface area contributed by atoms with Crippen LogP contribution in [0.4, 0.5) is 5.69 Å². The normalized spacial score (nSPS) is 10.5. The van der Waals surface area contributed by atoms with Gasteiger partial charge in [-0.25, -0.2) is 0 Å². The third kappa shape index (κ3) is 4.82. The van der Waals surface area contributed by atoms with Crippen LogP contribution in [0.1, 0.15) is 30.9 Å². The summed E-state index contributed by atoms with van der Waals surface area (Å²) < 4.78 is 5.52. The van der Waals surface area contributed by atoms with Crippen molar-refractivity contribution in [3.8, 4) is 0 Å². The van der Waals surface area contributed by atoms with Gasteiger partial charge in [0.1, 0.15) is 7.85 Å². The summed E-state index contributed by atoms with van der Waals surface area (Å²) >= 11 is 0. The zero-order chi connectivity index (χ0) is 12.7. The van der Waals surface area contributed by atoms with Gasteiger partial charge in [-0.2, -0.15) is 0 Å². The van der Waals surface area contributed by atoms with E-state index in [0.29, 0.717) is 0 Å². The molecule has 0 aromatic heterocycles. The van der Waals surface area contributed by atoms with E-state index in [2.05, 4.69) is 46.1 Å². The van der Waals surface area contributed by atoms with Crippen molar-refractivity contribution in [3.05, 3.63) is 23.3 Å². The third-order valence-electron chi connectivity index (χ3n) is 3.14. The van der Waals surface area contributed by atoms with E-state index >= 15 is 0 Å². The molecule has 0 saturated heterocycles. The molecule has 1 aromatic carbocycles. The highest BCUT2D eigenvalue weighted by atomic mass is 16.5. The second-order valence-corrected chi connectivity index (χ2v) is 4.63. The molecule has 0 saturated carbocycles. The van der Waals surface area contributed by atoms with E-state index in [4.69, 9.17) is 4.74 Å². The largest absolute Gasteiger partial charge is 0.383 e. The molecule has 0 amide bonds. The van der Waals surface area contributed by atoms with E-state index in [-0.39, 0.29) is 0 Å². The lowest BCUT2D eigenvalue weighted by molar-refractivity contribution is 0.141. The summed E-state index contributed by atoms with van der Waals surface area (Å²) in [4.78, 5) is 0. The maximum Gasteiger partial charge on any atom is 0.139 e. The molecule has 0 aliphatic carbocycles. The Kier molecular flexibility index (Phi) is 6.13. The van der Waals surface area contributed by atoms with Gasteiger partial charge in [-0.1, -0.05) is 29.9 Å². The van der Waals surface area contributed by atoms with Crippen molar-refractivity contribution in [2.45, 2.75) is 33.6 Å². The van der Waals surface area contributed by atoms with Crippen LogP contribution >= 0.6 is 0 Å². The van der Waals surface area contributed by atoms with Crippen LogP contribution in [-0.2, 0) is 4.74 Å². The second kappa shape index (κ2) is 7.39. The van der Waals surface area contributed by atoms with Crippen molar-refractivity contribution in [1.82, 2.24) is 0 Å². The minimum atomic E-state index is 0.784. The molecule has 0 aliphatic heterocycles. The van der Waals surface area contributed by atoms with E-state index < -0.39 is 0 Å². The fraction of sp³-hybridized carbons (Fsp3) is 0.571. The summed E-state index contributed by atoms with van der Waals surface area (Å²) in [5.41, 5.74) is 5.28. The minimum absolute atomic E-state index is 0.784. The Morgan fingerprint density at radius 1 is 1.18 bits per heavy atom. The van der Waals surface area contributed by atoms with Crippen molar-refractivity contribution in [3.63, 3.8) is 0 Å². The summed E-state index contributed by atoms with van der Waals surface area (Å²) in [6, 6.07) is 4.41. The van der Waals surface area contributed by atoms with Gasteiger partial charge in [-0.15, -0.1) is 0 Å². The van der Waals surface area contributed by atoms with Crippen molar-refractivity contribution in [2.24, 2.45) is 0 Å². The number of rotatable bonds is 7. The number of hydrogen-bond donors (Lipinski definition) is 1. The molecule has 1 rings (SSSR count). The first-order chi connectivity index (χ1) is 8.15. The summed E-state index contributed by atoms with van der Waals surface area (Å²) in [5.74, 6) is 0. The summed E-state index contributed by atoms with van der Waals surface area (Å²) in [6.45, 7) is 9.04. The molecular formula is C14H24BNO. The number of nitrogens with one attached hydrogen (secondary N) is 1. The first-order valence-electron chi connectivity index (χ1n) is 6.54. The van der Waals surface area contributed by atoms with Gasteiger partial charge >= 0.3 is 0 Å². The molecule has 0 fully saturated rings. The molecule has 0 radical (unpaired) electrons. The smallest absolute Gasteiger partial charge is 0.139 e. The topological polar surface area (TPSA) is 21.3 Å². The van der Waals surface area contributed by atoms with Gasteiger partial charge < -0.3 is 10.1 Å². The molecule has 0 heterocycles. The minimum Gasteiger partial charge on any atom is -0.383 e. The summed E-state index contributed by atoms with van der Waals surface area (Å²) in [7, 11) is 2.17. The Balaban J connectivity index is 2.32. The molecule has 0 atom stereocenters. The van der Waals surface area contributed by atoms with E-state index in [1.54, 1.807) is 0 Å². The van der Waals surface area contributed by atoms with Crippen LogP contribution in [0.5, 0.6) is 0 Å². The molecule has 2 nitrogen and oxygen atoms in total.